The third kappa shape index (κ3) is 5.75. The normalized spacial score (nSPS) is 16.3. The van der Waals surface area contributed by atoms with Crippen LogP contribution in [0, 0.1) is 0 Å². The number of carbonyl (C=O) groups is 1. The number of methoxy groups -OCH3 is 1. The number of benzene rings is 1. The largest absolute Gasteiger partial charge is 0.497 e. The van der Waals surface area contributed by atoms with E-state index in [0.717, 1.165) is 38.5 Å². The van der Waals surface area contributed by atoms with Crippen molar-refractivity contribution in [1.29, 1.82) is 0 Å². The minimum absolute atomic E-state index is 0.134. The van der Waals surface area contributed by atoms with E-state index in [-0.39, 0.29) is 11.4 Å². The highest BCUT2D eigenvalue weighted by Crippen LogP contribution is 2.20. The summed E-state index contributed by atoms with van der Waals surface area (Å²) in [4.78, 5) is 16.6. The Hall–Kier alpha value is -1.75. The number of nitrogens with one attached hydrogen (secondary N) is 1. The van der Waals surface area contributed by atoms with Crippen molar-refractivity contribution in [3.63, 3.8) is 0 Å². The topological polar surface area (TPSA) is 44.8 Å². The van der Waals surface area contributed by atoms with Crippen molar-refractivity contribution >= 4 is 11.6 Å². The van der Waals surface area contributed by atoms with Crippen LogP contribution in [0.15, 0.2) is 24.3 Å². The van der Waals surface area contributed by atoms with E-state index in [1.165, 1.54) is 5.69 Å². The maximum atomic E-state index is 11.9. The predicted octanol–water partition coefficient (Wildman–Crippen LogP) is 2.12. The van der Waals surface area contributed by atoms with Crippen molar-refractivity contribution in [2.75, 3.05) is 44.7 Å². The lowest BCUT2D eigenvalue weighted by Crippen LogP contribution is -2.48. The van der Waals surface area contributed by atoms with E-state index in [0.29, 0.717) is 6.42 Å². The van der Waals surface area contributed by atoms with Gasteiger partial charge >= 0.3 is 0 Å². The van der Waals surface area contributed by atoms with Crippen LogP contribution in [0.25, 0.3) is 0 Å². The Labute approximate surface area is 139 Å². The number of rotatable bonds is 5. The van der Waals surface area contributed by atoms with Gasteiger partial charge in [-0.15, -0.1) is 0 Å². The number of piperazine rings is 1. The summed E-state index contributed by atoms with van der Waals surface area (Å²) >= 11 is 0. The lowest BCUT2D eigenvalue weighted by atomic mass is 10.1. The summed E-state index contributed by atoms with van der Waals surface area (Å²) in [5.74, 6) is 1.02. The molecule has 0 saturated carbocycles. The average molecular weight is 319 g/mol. The van der Waals surface area contributed by atoms with Gasteiger partial charge in [-0.3, -0.25) is 9.69 Å². The van der Waals surface area contributed by atoms with Gasteiger partial charge in [-0.1, -0.05) is 0 Å². The molecule has 2 rings (SSSR count). The van der Waals surface area contributed by atoms with Crippen molar-refractivity contribution in [3.8, 4) is 5.75 Å². The quantitative estimate of drug-likeness (QED) is 0.903. The highest BCUT2D eigenvalue weighted by Gasteiger charge is 2.19. The number of carbonyl (C=O) groups excluding carboxylic acids is 1. The van der Waals surface area contributed by atoms with Gasteiger partial charge in [0.1, 0.15) is 5.75 Å². The molecule has 0 radical (unpaired) electrons. The van der Waals surface area contributed by atoms with Gasteiger partial charge in [-0.25, -0.2) is 0 Å². The third-order valence-corrected chi connectivity index (χ3v) is 3.98. The summed E-state index contributed by atoms with van der Waals surface area (Å²) in [6.45, 7) is 10.8. The zero-order valence-corrected chi connectivity index (χ0v) is 14.8. The molecule has 1 N–H and O–H groups in total. The van der Waals surface area contributed by atoms with Crippen molar-refractivity contribution in [2.24, 2.45) is 0 Å². The molecule has 1 aromatic rings. The Morgan fingerprint density at radius 1 is 1.13 bits per heavy atom. The van der Waals surface area contributed by atoms with E-state index in [1.807, 2.05) is 32.9 Å². The first kappa shape index (κ1) is 17.6. The molecule has 1 aliphatic heterocycles. The van der Waals surface area contributed by atoms with E-state index in [4.69, 9.17) is 4.74 Å². The van der Waals surface area contributed by atoms with Gasteiger partial charge in [0.2, 0.25) is 5.91 Å². The molecule has 128 valence electrons. The van der Waals surface area contributed by atoms with Crippen LogP contribution in [-0.2, 0) is 4.79 Å². The van der Waals surface area contributed by atoms with Gasteiger partial charge in [0, 0.05) is 50.4 Å². The number of hydrogen-bond acceptors (Lipinski definition) is 4. The zero-order chi connectivity index (χ0) is 16.9. The van der Waals surface area contributed by atoms with Gasteiger partial charge in [-0.05, 0) is 45.0 Å². The second kappa shape index (κ2) is 7.68. The van der Waals surface area contributed by atoms with Crippen LogP contribution in [-0.4, -0.2) is 56.2 Å². The van der Waals surface area contributed by atoms with Gasteiger partial charge in [-0.2, -0.15) is 0 Å². The van der Waals surface area contributed by atoms with Gasteiger partial charge in [0.05, 0.1) is 7.11 Å². The Morgan fingerprint density at radius 3 is 2.26 bits per heavy atom. The van der Waals surface area contributed by atoms with Crippen LogP contribution in [0.2, 0.25) is 0 Å². The molecule has 5 nitrogen and oxygen atoms in total. The van der Waals surface area contributed by atoms with Gasteiger partial charge in [0.15, 0.2) is 0 Å². The van der Waals surface area contributed by atoms with Crippen LogP contribution in [0.1, 0.15) is 27.2 Å². The first-order chi connectivity index (χ1) is 10.9. The minimum Gasteiger partial charge on any atom is -0.497 e. The van der Waals surface area contributed by atoms with E-state index in [2.05, 4.69) is 27.2 Å². The molecule has 23 heavy (non-hydrogen) atoms. The highest BCUT2D eigenvalue weighted by molar-refractivity contribution is 5.76. The van der Waals surface area contributed by atoms with Crippen LogP contribution in [0.3, 0.4) is 0 Å². The summed E-state index contributed by atoms with van der Waals surface area (Å²) in [5, 5.41) is 3.02. The standard InChI is InChI=1S/C18H29N3O2/c1-18(2,3)19-17(22)9-10-20-11-13-21(14-12-20)15-5-7-16(23-4)8-6-15/h5-8H,9-14H2,1-4H3,(H,19,22). The summed E-state index contributed by atoms with van der Waals surface area (Å²) in [7, 11) is 1.68. The number of ether oxygens (including phenoxy) is 1. The molecule has 0 bridgehead atoms. The van der Waals surface area contributed by atoms with Gasteiger partial charge < -0.3 is 15.0 Å². The molecule has 1 saturated heterocycles. The monoisotopic (exact) mass is 319 g/mol. The molecule has 1 aromatic carbocycles. The minimum atomic E-state index is -0.149. The molecular weight excluding hydrogens is 290 g/mol. The average Bonchev–Trinajstić information content (AvgIpc) is 2.52. The fourth-order valence-electron chi connectivity index (χ4n) is 2.76. The molecule has 0 unspecified atom stereocenters. The maximum absolute atomic E-state index is 11.9. The molecular formula is C18H29N3O2. The maximum Gasteiger partial charge on any atom is 0.221 e. The van der Waals surface area contributed by atoms with E-state index in [1.54, 1.807) is 7.11 Å². The lowest BCUT2D eigenvalue weighted by Gasteiger charge is -2.36. The van der Waals surface area contributed by atoms with Crippen molar-refractivity contribution < 1.29 is 9.53 Å². The molecule has 1 aliphatic rings. The Balaban J connectivity index is 1.74. The van der Waals surface area contributed by atoms with Crippen molar-refractivity contribution in [2.45, 2.75) is 32.7 Å². The Bertz CT molecular complexity index is 500. The van der Waals surface area contributed by atoms with Gasteiger partial charge in [0.25, 0.3) is 0 Å². The predicted molar refractivity (Wildman–Crippen MR) is 94.2 cm³/mol. The van der Waals surface area contributed by atoms with E-state index < -0.39 is 0 Å². The molecule has 0 aliphatic carbocycles. The van der Waals surface area contributed by atoms with Crippen LogP contribution in [0.5, 0.6) is 5.75 Å². The van der Waals surface area contributed by atoms with E-state index >= 15 is 0 Å². The molecule has 0 aromatic heterocycles. The molecule has 1 heterocycles. The summed E-state index contributed by atoms with van der Waals surface area (Å²) < 4.78 is 5.20. The third-order valence-electron chi connectivity index (χ3n) is 3.98. The summed E-state index contributed by atoms with van der Waals surface area (Å²) in [5.41, 5.74) is 1.08. The van der Waals surface area contributed by atoms with Crippen LogP contribution in [0.4, 0.5) is 5.69 Å². The zero-order valence-electron chi connectivity index (χ0n) is 14.8. The molecule has 5 heteroatoms. The number of anilines is 1. The van der Waals surface area contributed by atoms with E-state index in [9.17, 15) is 4.79 Å². The fraction of sp³-hybridized carbons (Fsp3) is 0.611. The summed E-state index contributed by atoms with van der Waals surface area (Å²) in [6.07, 6.45) is 0.569. The van der Waals surface area contributed by atoms with Crippen LogP contribution < -0.4 is 15.0 Å². The highest BCUT2D eigenvalue weighted by atomic mass is 16.5. The van der Waals surface area contributed by atoms with Crippen LogP contribution >= 0.6 is 0 Å². The fourth-order valence-corrected chi connectivity index (χ4v) is 2.76. The SMILES string of the molecule is COc1ccc(N2CCN(CCC(=O)NC(C)(C)C)CC2)cc1. The number of nitrogens with zero attached hydrogens (tertiary/aromatic N) is 2. The smallest absolute Gasteiger partial charge is 0.221 e. The number of amides is 1. The first-order valence-electron chi connectivity index (χ1n) is 8.30. The van der Waals surface area contributed by atoms with Crippen molar-refractivity contribution in [3.05, 3.63) is 24.3 Å². The first-order valence-corrected chi connectivity index (χ1v) is 8.30. The Kier molecular flexibility index (Phi) is 5.88. The second-order valence-corrected chi connectivity index (χ2v) is 7.07. The molecule has 1 amide bonds. The van der Waals surface area contributed by atoms with Crippen molar-refractivity contribution in [1.82, 2.24) is 10.2 Å². The molecule has 1 fully saturated rings. The molecule has 0 atom stereocenters. The lowest BCUT2D eigenvalue weighted by molar-refractivity contribution is -0.122. The molecule has 0 spiro atoms. The Morgan fingerprint density at radius 2 is 1.74 bits per heavy atom. The summed E-state index contributed by atoms with van der Waals surface area (Å²) in [6, 6.07) is 8.20. The second-order valence-electron chi connectivity index (χ2n) is 7.07. The number of hydrogen-bond donors (Lipinski definition) is 1.